The minimum Gasteiger partial charge on any atom is -0.325 e. The van der Waals surface area contributed by atoms with Crippen LogP contribution in [0.25, 0.3) is 0 Å². The summed E-state index contributed by atoms with van der Waals surface area (Å²) in [5, 5.41) is 2.90. The Kier molecular flexibility index (Phi) is 5.54. The van der Waals surface area contributed by atoms with E-state index in [-0.39, 0.29) is 18.4 Å². The van der Waals surface area contributed by atoms with Gasteiger partial charge in [0.2, 0.25) is 5.91 Å². The lowest BCUT2D eigenvalue weighted by Crippen LogP contribution is -2.51. The Labute approximate surface area is 179 Å². The van der Waals surface area contributed by atoms with Gasteiger partial charge in [0.25, 0.3) is 5.91 Å². The molecular formula is C23H24BrN3O2. The molecule has 1 aliphatic carbocycles. The van der Waals surface area contributed by atoms with E-state index in [2.05, 4.69) is 21.2 Å². The minimum absolute atomic E-state index is 0.00417. The molecule has 2 aliphatic rings. The number of anilines is 1. The van der Waals surface area contributed by atoms with Crippen LogP contribution in [0.3, 0.4) is 0 Å². The zero-order chi connectivity index (χ0) is 20.4. The van der Waals surface area contributed by atoms with Crippen LogP contribution < -0.4 is 5.32 Å². The number of rotatable bonds is 4. The molecule has 1 heterocycles. The van der Waals surface area contributed by atoms with Crippen LogP contribution in [0, 0.1) is 6.92 Å². The van der Waals surface area contributed by atoms with Gasteiger partial charge < -0.3 is 10.2 Å². The van der Waals surface area contributed by atoms with Gasteiger partial charge in [0, 0.05) is 15.7 Å². The first-order chi connectivity index (χ1) is 14.0. The summed E-state index contributed by atoms with van der Waals surface area (Å²) >= 11 is 3.41. The van der Waals surface area contributed by atoms with Crippen LogP contribution in [0.4, 0.5) is 5.69 Å². The predicted molar refractivity (Wildman–Crippen MR) is 118 cm³/mol. The summed E-state index contributed by atoms with van der Waals surface area (Å²) in [5.74, 6) is -0.359. The van der Waals surface area contributed by atoms with Gasteiger partial charge in [0.05, 0.1) is 0 Å². The molecule has 1 N–H and O–H groups in total. The zero-order valence-corrected chi connectivity index (χ0v) is 18.0. The van der Waals surface area contributed by atoms with Crippen LogP contribution in [-0.2, 0) is 9.59 Å². The summed E-state index contributed by atoms with van der Waals surface area (Å²) in [5.41, 5.74) is 2.54. The van der Waals surface area contributed by atoms with Gasteiger partial charge in [0.1, 0.15) is 17.9 Å². The number of carbonyl (C=O) groups is 2. The van der Waals surface area contributed by atoms with E-state index in [1.807, 2.05) is 55.5 Å². The predicted octanol–water partition coefficient (Wildman–Crippen LogP) is 4.69. The van der Waals surface area contributed by atoms with E-state index < -0.39 is 5.66 Å². The minimum atomic E-state index is -0.593. The molecule has 1 fully saturated rings. The molecule has 2 amide bonds. The van der Waals surface area contributed by atoms with Crippen LogP contribution in [0.15, 0.2) is 58.0 Å². The molecule has 5 nitrogen and oxygen atoms in total. The number of aliphatic imine (C=N–C) groups is 1. The van der Waals surface area contributed by atoms with Crippen LogP contribution >= 0.6 is 15.9 Å². The Balaban J connectivity index is 1.58. The lowest BCUT2D eigenvalue weighted by molar-refractivity contribution is -0.134. The van der Waals surface area contributed by atoms with E-state index in [0.717, 1.165) is 47.7 Å². The van der Waals surface area contributed by atoms with Crippen molar-refractivity contribution in [1.82, 2.24) is 4.90 Å². The van der Waals surface area contributed by atoms with Crippen molar-refractivity contribution in [3.8, 4) is 0 Å². The highest BCUT2D eigenvalue weighted by Gasteiger charge is 2.48. The van der Waals surface area contributed by atoms with Crippen molar-refractivity contribution in [3.05, 3.63) is 64.1 Å². The second kappa shape index (κ2) is 8.11. The average molecular weight is 454 g/mol. The van der Waals surface area contributed by atoms with E-state index in [1.54, 1.807) is 4.90 Å². The molecule has 4 rings (SSSR count). The maximum Gasteiger partial charge on any atom is 0.275 e. The van der Waals surface area contributed by atoms with Crippen molar-refractivity contribution >= 4 is 39.1 Å². The van der Waals surface area contributed by atoms with E-state index >= 15 is 0 Å². The molecule has 0 bridgehead atoms. The summed E-state index contributed by atoms with van der Waals surface area (Å²) < 4.78 is 0.890. The third-order valence-electron chi connectivity index (χ3n) is 5.66. The third kappa shape index (κ3) is 4.13. The van der Waals surface area contributed by atoms with Gasteiger partial charge in [-0.15, -0.1) is 0 Å². The van der Waals surface area contributed by atoms with Crippen molar-refractivity contribution in [2.75, 3.05) is 11.9 Å². The number of hydrogen-bond acceptors (Lipinski definition) is 3. The van der Waals surface area contributed by atoms with Crippen LogP contribution in [-0.4, -0.2) is 34.6 Å². The van der Waals surface area contributed by atoms with Crippen molar-refractivity contribution < 1.29 is 9.59 Å². The Hall–Kier alpha value is -2.47. The highest BCUT2D eigenvalue weighted by Crippen LogP contribution is 2.39. The Morgan fingerprint density at radius 1 is 1.14 bits per heavy atom. The van der Waals surface area contributed by atoms with Gasteiger partial charge in [-0.25, -0.2) is 0 Å². The van der Waals surface area contributed by atoms with Crippen molar-refractivity contribution in [2.24, 2.45) is 4.99 Å². The molecule has 1 aliphatic heterocycles. The van der Waals surface area contributed by atoms with Gasteiger partial charge in [-0.2, -0.15) is 0 Å². The Bertz CT molecular complexity index is 962. The SMILES string of the molecule is Cc1ccc(C2=NC3(CCCCC3)N(CC(=O)Nc3cccc(Br)c3)C2=O)cc1. The van der Waals surface area contributed by atoms with Crippen molar-refractivity contribution in [1.29, 1.82) is 0 Å². The molecule has 1 saturated carbocycles. The fraction of sp³-hybridized carbons (Fsp3) is 0.348. The van der Waals surface area contributed by atoms with Gasteiger partial charge >= 0.3 is 0 Å². The first-order valence-corrected chi connectivity index (χ1v) is 10.8. The fourth-order valence-electron chi connectivity index (χ4n) is 4.16. The number of benzene rings is 2. The third-order valence-corrected chi connectivity index (χ3v) is 6.15. The van der Waals surface area contributed by atoms with Crippen LogP contribution in [0.2, 0.25) is 0 Å². The quantitative estimate of drug-likeness (QED) is 0.729. The zero-order valence-electron chi connectivity index (χ0n) is 16.5. The van der Waals surface area contributed by atoms with Gasteiger partial charge in [0.15, 0.2) is 0 Å². The van der Waals surface area contributed by atoms with E-state index in [4.69, 9.17) is 4.99 Å². The lowest BCUT2D eigenvalue weighted by atomic mass is 9.88. The maximum atomic E-state index is 13.3. The molecule has 150 valence electrons. The molecule has 1 spiro atoms. The largest absolute Gasteiger partial charge is 0.325 e. The van der Waals surface area contributed by atoms with Crippen LogP contribution in [0.1, 0.15) is 43.2 Å². The first kappa shape index (κ1) is 19.8. The van der Waals surface area contributed by atoms with Crippen LogP contribution in [0.5, 0.6) is 0 Å². The molecule has 2 aromatic rings. The lowest BCUT2D eigenvalue weighted by Gasteiger charge is -2.38. The fourth-order valence-corrected chi connectivity index (χ4v) is 4.56. The number of nitrogens with one attached hydrogen (secondary N) is 1. The highest BCUT2D eigenvalue weighted by molar-refractivity contribution is 9.10. The normalized spacial score (nSPS) is 18.1. The summed E-state index contributed by atoms with van der Waals surface area (Å²) in [6.07, 6.45) is 4.78. The molecule has 2 aromatic carbocycles. The number of aryl methyl sites for hydroxylation is 1. The molecule has 0 atom stereocenters. The Morgan fingerprint density at radius 2 is 1.86 bits per heavy atom. The Morgan fingerprint density at radius 3 is 2.55 bits per heavy atom. The molecule has 0 radical (unpaired) electrons. The summed E-state index contributed by atoms with van der Waals surface area (Å²) in [7, 11) is 0. The number of nitrogens with zero attached hydrogens (tertiary/aromatic N) is 2. The number of amides is 2. The average Bonchev–Trinajstić information content (AvgIpc) is 2.95. The van der Waals surface area contributed by atoms with Gasteiger partial charge in [-0.3, -0.25) is 14.6 Å². The van der Waals surface area contributed by atoms with E-state index in [0.29, 0.717) is 11.4 Å². The van der Waals surface area contributed by atoms with Gasteiger partial charge in [-0.1, -0.05) is 58.2 Å². The summed E-state index contributed by atoms with van der Waals surface area (Å²) in [4.78, 5) is 32.7. The molecule has 0 unspecified atom stereocenters. The number of halogens is 1. The molecule has 0 aromatic heterocycles. The topological polar surface area (TPSA) is 61.8 Å². The second-order valence-electron chi connectivity index (χ2n) is 7.82. The monoisotopic (exact) mass is 453 g/mol. The van der Waals surface area contributed by atoms with Gasteiger partial charge in [-0.05, 0) is 50.8 Å². The molecule has 0 saturated heterocycles. The molecular weight excluding hydrogens is 430 g/mol. The highest BCUT2D eigenvalue weighted by atomic mass is 79.9. The smallest absolute Gasteiger partial charge is 0.275 e. The maximum absolute atomic E-state index is 13.3. The molecule has 29 heavy (non-hydrogen) atoms. The summed E-state index contributed by atoms with van der Waals surface area (Å²) in [6, 6.07) is 15.3. The van der Waals surface area contributed by atoms with Crippen molar-refractivity contribution in [2.45, 2.75) is 44.7 Å². The van der Waals surface area contributed by atoms with Crippen molar-refractivity contribution in [3.63, 3.8) is 0 Å². The second-order valence-corrected chi connectivity index (χ2v) is 8.74. The standard InChI is InChI=1S/C23H24BrN3O2/c1-16-8-10-17(11-9-16)21-22(29)27(23(26-21)12-3-2-4-13-23)15-20(28)25-19-7-5-6-18(24)14-19/h5-11,14H,2-4,12-13,15H2,1H3,(H,25,28). The number of hydrogen-bond donors (Lipinski definition) is 1. The van der Waals surface area contributed by atoms with E-state index in [1.165, 1.54) is 0 Å². The molecule has 6 heteroatoms. The summed E-state index contributed by atoms with van der Waals surface area (Å²) in [6.45, 7) is 2.02. The van der Waals surface area contributed by atoms with E-state index in [9.17, 15) is 9.59 Å². The number of carbonyl (C=O) groups excluding carboxylic acids is 2. The first-order valence-electron chi connectivity index (χ1n) is 10.0.